The maximum atomic E-state index is 12.9. The Morgan fingerprint density at radius 1 is 1.10 bits per heavy atom. The highest BCUT2D eigenvalue weighted by atomic mass is 16.5. The van der Waals surface area contributed by atoms with Crippen LogP contribution in [-0.2, 0) is 17.8 Å². The molecule has 2 aromatic carbocycles. The third kappa shape index (κ3) is 5.29. The van der Waals surface area contributed by atoms with Crippen molar-refractivity contribution >= 4 is 5.91 Å². The molecule has 0 spiro atoms. The molecule has 0 unspecified atom stereocenters. The molecule has 0 aliphatic carbocycles. The lowest BCUT2D eigenvalue weighted by Crippen LogP contribution is -2.37. The molecule has 158 valence electrons. The number of rotatable bonds is 9. The van der Waals surface area contributed by atoms with Crippen LogP contribution >= 0.6 is 0 Å². The van der Waals surface area contributed by atoms with Gasteiger partial charge in [-0.15, -0.1) is 0 Å². The molecule has 0 N–H and O–H groups in total. The molecule has 3 aromatic rings. The third-order valence-corrected chi connectivity index (χ3v) is 5.03. The monoisotopic (exact) mass is 406 g/mol. The van der Waals surface area contributed by atoms with Gasteiger partial charge in [-0.2, -0.15) is 0 Å². The number of aromatic nitrogens is 1. The Hall–Kier alpha value is -3.08. The number of carbonyl (C=O) groups excluding carboxylic acids is 1. The van der Waals surface area contributed by atoms with Crippen LogP contribution in [0.25, 0.3) is 11.3 Å². The zero-order chi connectivity index (χ0) is 21.5. The van der Waals surface area contributed by atoms with Gasteiger partial charge in [0.05, 0.1) is 19.6 Å². The van der Waals surface area contributed by atoms with Crippen LogP contribution in [0.15, 0.2) is 59.0 Å². The Labute approximate surface area is 178 Å². The van der Waals surface area contributed by atoms with Gasteiger partial charge in [0, 0.05) is 18.0 Å². The molecule has 1 amide bonds. The molecular formula is C25H30N2O3. The Morgan fingerprint density at radius 3 is 2.47 bits per heavy atom. The summed E-state index contributed by atoms with van der Waals surface area (Å²) in [5, 5.41) is 0. The maximum Gasteiger partial charge on any atom is 0.226 e. The van der Waals surface area contributed by atoms with E-state index in [0.29, 0.717) is 25.5 Å². The van der Waals surface area contributed by atoms with Gasteiger partial charge in [0.25, 0.3) is 0 Å². The number of para-hydroxylation sites is 1. The number of nitrogens with zero attached hydrogens (tertiary/aromatic N) is 2. The summed E-state index contributed by atoms with van der Waals surface area (Å²) in [4.78, 5) is 19.4. The Bertz CT molecular complexity index is 964. The van der Waals surface area contributed by atoms with Crippen molar-refractivity contribution in [1.29, 1.82) is 0 Å². The predicted octanol–water partition coefficient (Wildman–Crippen LogP) is 5.42. The van der Waals surface area contributed by atoms with Gasteiger partial charge in [0.1, 0.15) is 17.2 Å². The highest BCUT2D eigenvalue weighted by Gasteiger charge is 2.22. The summed E-state index contributed by atoms with van der Waals surface area (Å²) in [7, 11) is 0. The summed E-state index contributed by atoms with van der Waals surface area (Å²) in [5.74, 6) is 2.24. The first-order chi connectivity index (χ1) is 14.5. The molecule has 0 atom stereocenters. The number of hydrogen-bond donors (Lipinski definition) is 0. The van der Waals surface area contributed by atoms with Gasteiger partial charge in [-0.3, -0.25) is 4.79 Å². The Balaban J connectivity index is 1.67. The van der Waals surface area contributed by atoms with E-state index in [1.54, 1.807) is 4.90 Å². The largest absolute Gasteiger partial charge is 0.493 e. The van der Waals surface area contributed by atoms with Crippen LogP contribution in [0.4, 0.5) is 0 Å². The zero-order valence-corrected chi connectivity index (χ0v) is 18.2. The summed E-state index contributed by atoms with van der Waals surface area (Å²) in [6.45, 7) is 8.74. The predicted molar refractivity (Wildman–Crippen MR) is 118 cm³/mol. The average Bonchev–Trinajstić information content (AvgIpc) is 3.17. The van der Waals surface area contributed by atoms with Crippen molar-refractivity contribution in [1.82, 2.24) is 9.88 Å². The van der Waals surface area contributed by atoms with E-state index in [1.807, 2.05) is 82.3 Å². The van der Waals surface area contributed by atoms with Gasteiger partial charge in [0.2, 0.25) is 11.8 Å². The van der Waals surface area contributed by atoms with E-state index in [0.717, 1.165) is 34.8 Å². The molecule has 5 nitrogen and oxygen atoms in total. The lowest BCUT2D eigenvalue weighted by atomic mass is 10.1. The lowest BCUT2D eigenvalue weighted by Gasteiger charge is -2.25. The van der Waals surface area contributed by atoms with Crippen molar-refractivity contribution in [3.05, 3.63) is 71.8 Å². The van der Waals surface area contributed by atoms with Gasteiger partial charge < -0.3 is 14.1 Å². The van der Waals surface area contributed by atoms with Crippen molar-refractivity contribution in [3.63, 3.8) is 0 Å². The van der Waals surface area contributed by atoms with Gasteiger partial charge in [0.15, 0.2) is 0 Å². The summed E-state index contributed by atoms with van der Waals surface area (Å²) >= 11 is 0. The minimum atomic E-state index is 0.0242. The van der Waals surface area contributed by atoms with Crippen molar-refractivity contribution in [2.24, 2.45) is 0 Å². The first-order valence-corrected chi connectivity index (χ1v) is 10.5. The van der Waals surface area contributed by atoms with Crippen LogP contribution in [0, 0.1) is 6.92 Å². The Morgan fingerprint density at radius 2 is 1.80 bits per heavy atom. The molecule has 3 rings (SSSR count). The van der Waals surface area contributed by atoms with Gasteiger partial charge >= 0.3 is 0 Å². The van der Waals surface area contributed by atoms with E-state index in [2.05, 4.69) is 0 Å². The standard InChI is InChI=1S/C25H30N2O3/c1-5-21-25(20-12-7-6-8-13-20)26-23(30-21)17-27(18(2)3)24(28)15-16-29-22-14-10-9-11-19(22)4/h6-14,18H,5,15-17H2,1-4H3. The number of amides is 1. The zero-order valence-electron chi connectivity index (χ0n) is 18.2. The van der Waals surface area contributed by atoms with E-state index in [4.69, 9.17) is 14.1 Å². The minimum absolute atomic E-state index is 0.0242. The normalized spacial score (nSPS) is 11.0. The van der Waals surface area contributed by atoms with Crippen LogP contribution in [-0.4, -0.2) is 28.4 Å². The van der Waals surface area contributed by atoms with Gasteiger partial charge in [-0.25, -0.2) is 4.98 Å². The lowest BCUT2D eigenvalue weighted by molar-refractivity contribution is -0.134. The maximum absolute atomic E-state index is 12.9. The van der Waals surface area contributed by atoms with Crippen LogP contribution in [0.5, 0.6) is 5.75 Å². The fourth-order valence-electron chi connectivity index (χ4n) is 3.34. The van der Waals surface area contributed by atoms with Gasteiger partial charge in [-0.1, -0.05) is 55.5 Å². The highest BCUT2D eigenvalue weighted by Crippen LogP contribution is 2.25. The van der Waals surface area contributed by atoms with E-state index in [9.17, 15) is 4.79 Å². The summed E-state index contributed by atoms with van der Waals surface area (Å²) < 4.78 is 11.8. The molecule has 0 aliphatic heterocycles. The van der Waals surface area contributed by atoms with Crippen molar-refractivity contribution in [2.45, 2.75) is 53.1 Å². The molecule has 0 saturated carbocycles. The molecule has 0 aliphatic rings. The molecule has 0 bridgehead atoms. The number of benzene rings is 2. The number of carbonyl (C=O) groups is 1. The first kappa shape index (κ1) is 21.6. The second-order valence-corrected chi connectivity index (χ2v) is 7.58. The SMILES string of the molecule is CCc1oc(CN(C(=O)CCOc2ccccc2C)C(C)C)nc1-c1ccccc1. The summed E-state index contributed by atoms with van der Waals surface area (Å²) in [5.41, 5.74) is 2.94. The molecule has 1 aromatic heterocycles. The molecular weight excluding hydrogens is 376 g/mol. The average molecular weight is 407 g/mol. The molecule has 0 radical (unpaired) electrons. The fraction of sp³-hybridized carbons (Fsp3) is 0.360. The highest BCUT2D eigenvalue weighted by molar-refractivity contribution is 5.76. The topological polar surface area (TPSA) is 55.6 Å². The third-order valence-electron chi connectivity index (χ3n) is 5.03. The van der Waals surface area contributed by atoms with E-state index in [-0.39, 0.29) is 11.9 Å². The van der Waals surface area contributed by atoms with E-state index < -0.39 is 0 Å². The van der Waals surface area contributed by atoms with Gasteiger partial charge in [-0.05, 0) is 32.4 Å². The molecule has 30 heavy (non-hydrogen) atoms. The van der Waals surface area contributed by atoms with E-state index in [1.165, 1.54) is 0 Å². The number of hydrogen-bond acceptors (Lipinski definition) is 4. The second-order valence-electron chi connectivity index (χ2n) is 7.58. The second kappa shape index (κ2) is 10.1. The fourth-order valence-corrected chi connectivity index (χ4v) is 3.34. The number of oxazole rings is 1. The van der Waals surface area contributed by atoms with Crippen LogP contribution in [0.1, 0.15) is 44.4 Å². The smallest absolute Gasteiger partial charge is 0.226 e. The molecule has 1 heterocycles. The van der Waals surface area contributed by atoms with Crippen molar-refractivity contribution in [2.75, 3.05) is 6.61 Å². The van der Waals surface area contributed by atoms with Crippen LogP contribution < -0.4 is 4.74 Å². The minimum Gasteiger partial charge on any atom is -0.493 e. The summed E-state index contributed by atoms with van der Waals surface area (Å²) in [6.07, 6.45) is 1.05. The number of aryl methyl sites for hydroxylation is 2. The quantitative estimate of drug-likeness (QED) is 0.476. The number of ether oxygens (including phenoxy) is 1. The summed E-state index contributed by atoms with van der Waals surface area (Å²) in [6, 6.07) is 17.9. The molecule has 0 fully saturated rings. The van der Waals surface area contributed by atoms with Crippen LogP contribution in [0.2, 0.25) is 0 Å². The molecule has 5 heteroatoms. The van der Waals surface area contributed by atoms with Crippen LogP contribution in [0.3, 0.4) is 0 Å². The molecule has 0 saturated heterocycles. The van der Waals surface area contributed by atoms with Crippen molar-refractivity contribution in [3.8, 4) is 17.0 Å². The van der Waals surface area contributed by atoms with Crippen molar-refractivity contribution < 1.29 is 13.9 Å². The van der Waals surface area contributed by atoms with E-state index >= 15 is 0 Å². The first-order valence-electron chi connectivity index (χ1n) is 10.5. The Kier molecular flexibility index (Phi) is 7.28.